The van der Waals surface area contributed by atoms with Gasteiger partial charge in [-0.3, -0.25) is 4.79 Å². The van der Waals surface area contributed by atoms with E-state index in [1.165, 1.54) is 77.0 Å². The third-order valence-electron chi connectivity index (χ3n) is 10.3. The molecule has 1 fully saturated rings. The van der Waals surface area contributed by atoms with E-state index in [4.69, 9.17) is 18.9 Å². The fourth-order valence-electron chi connectivity index (χ4n) is 6.66. The maximum atomic E-state index is 12.8. The predicted molar refractivity (Wildman–Crippen MR) is 247 cm³/mol. The second-order valence-corrected chi connectivity index (χ2v) is 15.8. The van der Waals surface area contributed by atoms with Gasteiger partial charge in [-0.1, -0.05) is 182 Å². The number of ether oxygens (including phenoxy) is 4. The van der Waals surface area contributed by atoms with Crippen LogP contribution in [0.15, 0.2) is 85.1 Å². The van der Waals surface area contributed by atoms with Crippen LogP contribution in [-0.4, -0.2) is 89.6 Å². The largest absolute Gasteiger partial charge is 0.457 e. The van der Waals surface area contributed by atoms with Crippen LogP contribution >= 0.6 is 0 Å². The van der Waals surface area contributed by atoms with Gasteiger partial charge in [-0.2, -0.15) is 0 Å². The van der Waals surface area contributed by atoms with Crippen LogP contribution in [0.4, 0.5) is 0 Å². The van der Waals surface area contributed by atoms with Gasteiger partial charge in [-0.25, -0.2) is 0 Å². The zero-order valence-corrected chi connectivity index (χ0v) is 37.7. The molecular weight excluding hydrogens is 757 g/mol. The Balaban J connectivity index is 2.30. The quantitative estimate of drug-likeness (QED) is 0.0271. The molecule has 1 saturated heterocycles. The summed E-state index contributed by atoms with van der Waals surface area (Å²) >= 11 is 0. The monoisotopic (exact) mass is 843 g/mol. The first-order chi connectivity index (χ1) is 29.4. The molecule has 344 valence electrons. The molecule has 6 atom stereocenters. The number of carbonyl (C=O) groups excluding carboxylic acids is 1. The molecule has 4 N–H and O–H groups in total. The standard InChI is InChI=1S/C51H86O9/c1-3-5-7-9-11-13-15-17-19-20-21-22-23-24-25-26-27-28-30-32-34-36-38-40-47(53)59-45(44-58-51-50(56)49(55)48(54)46(42-52)60-51)43-57-41-39-37-35-33-31-29-18-16-14-12-10-8-6-4-2/h5,7,11,13,17,19,21-22,24-25,27-28,32,34,45-46,48-52,54-56H,3-4,6,8-10,12,14-16,18,20,23,26,29-31,33,35-44H2,1-2H3/b7-5-,13-11-,19-17-,22-21-,25-24-,28-27-,34-32-. The molecule has 0 amide bonds. The highest BCUT2D eigenvalue weighted by atomic mass is 16.7. The van der Waals surface area contributed by atoms with E-state index in [-0.39, 0.29) is 25.6 Å². The molecule has 1 heterocycles. The average molecular weight is 843 g/mol. The number of hydrogen-bond donors (Lipinski definition) is 4. The van der Waals surface area contributed by atoms with Gasteiger partial charge >= 0.3 is 5.97 Å². The number of esters is 1. The molecule has 1 aliphatic heterocycles. The van der Waals surface area contributed by atoms with Gasteiger partial charge in [0.2, 0.25) is 0 Å². The van der Waals surface area contributed by atoms with Crippen molar-refractivity contribution in [3.63, 3.8) is 0 Å². The van der Waals surface area contributed by atoms with E-state index < -0.39 is 43.4 Å². The number of rotatable bonds is 39. The Labute approximate surface area is 365 Å². The van der Waals surface area contributed by atoms with Crippen molar-refractivity contribution in [1.29, 1.82) is 0 Å². The summed E-state index contributed by atoms with van der Waals surface area (Å²) in [5, 5.41) is 40.1. The first-order valence-electron chi connectivity index (χ1n) is 23.7. The van der Waals surface area contributed by atoms with Gasteiger partial charge in [0, 0.05) is 13.0 Å². The number of hydrogen-bond acceptors (Lipinski definition) is 9. The van der Waals surface area contributed by atoms with E-state index in [0.29, 0.717) is 13.0 Å². The predicted octanol–water partition coefficient (Wildman–Crippen LogP) is 11.0. The maximum absolute atomic E-state index is 12.8. The van der Waals surface area contributed by atoms with Crippen LogP contribution in [0.5, 0.6) is 0 Å². The van der Waals surface area contributed by atoms with Crippen molar-refractivity contribution in [2.24, 2.45) is 0 Å². The number of carbonyl (C=O) groups is 1. The van der Waals surface area contributed by atoms with Gasteiger partial charge < -0.3 is 39.4 Å². The number of unbranched alkanes of at least 4 members (excludes halogenated alkanes) is 14. The molecule has 0 spiro atoms. The van der Waals surface area contributed by atoms with Crippen molar-refractivity contribution in [1.82, 2.24) is 0 Å². The van der Waals surface area contributed by atoms with E-state index in [9.17, 15) is 25.2 Å². The molecule has 60 heavy (non-hydrogen) atoms. The zero-order valence-electron chi connectivity index (χ0n) is 37.7. The summed E-state index contributed by atoms with van der Waals surface area (Å²) in [7, 11) is 0. The minimum absolute atomic E-state index is 0.119. The van der Waals surface area contributed by atoms with Crippen molar-refractivity contribution >= 4 is 5.97 Å². The van der Waals surface area contributed by atoms with Crippen molar-refractivity contribution in [3.8, 4) is 0 Å². The fourth-order valence-corrected chi connectivity index (χ4v) is 6.66. The minimum Gasteiger partial charge on any atom is -0.457 e. The third-order valence-corrected chi connectivity index (χ3v) is 10.3. The van der Waals surface area contributed by atoms with Gasteiger partial charge in [-0.05, 0) is 64.2 Å². The molecule has 0 radical (unpaired) electrons. The summed E-state index contributed by atoms with van der Waals surface area (Å²) in [5.41, 5.74) is 0. The Morgan fingerprint density at radius 2 is 1.00 bits per heavy atom. The van der Waals surface area contributed by atoms with Crippen LogP contribution in [-0.2, 0) is 23.7 Å². The molecule has 0 aliphatic carbocycles. The van der Waals surface area contributed by atoms with Crippen molar-refractivity contribution in [2.45, 2.75) is 205 Å². The Hall–Kier alpha value is -2.63. The van der Waals surface area contributed by atoms with Gasteiger partial charge in [-0.15, -0.1) is 0 Å². The molecule has 0 bridgehead atoms. The Bertz CT molecular complexity index is 1190. The van der Waals surface area contributed by atoms with Crippen molar-refractivity contribution in [2.75, 3.05) is 26.4 Å². The normalized spacial score (nSPS) is 20.8. The number of aliphatic hydroxyl groups is 4. The molecule has 6 unspecified atom stereocenters. The van der Waals surface area contributed by atoms with Crippen LogP contribution in [0.1, 0.15) is 168 Å². The van der Waals surface area contributed by atoms with Gasteiger partial charge in [0.05, 0.1) is 19.8 Å². The summed E-state index contributed by atoms with van der Waals surface area (Å²) in [6.07, 6.45) is 49.0. The summed E-state index contributed by atoms with van der Waals surface area (Å²) in [5.74, 6) is -0.372. The van der Waals surface area contributed by atoms with E-state index in [1.54, 1.807) is 0 Å². The molecule has 9 nitrogen and oxygen atoms in total. The van der Waals surface area contributed by atoms with Crippen LogP contribution in [0.2, 0.25) is 0 Å². The maximum Gasteiger partial charge on any atom is 0.306 e. The second kappa shape index (κ2) is 41.7. The number of allylic oxidation sites excluding steroid dienone is 14. The zero-order chi connectivity index (χ0) is 43.6. The van der Waals surface area contributed by atoms with E-state index in [1.807, 2.05) is 0 Å². The Kier molecular flexibility index (Phi) is 38.5. The highest BCUT2D eigenvalue weighted by Gasteiger charge is 2.44. The molecule has 0 saturated carbocycles. The van der Waals surface area contributed by atoms with Crippen LogP contribution in [0.3, 0.4) is 0 Å². The molecular formula is C51H86O9. The highest BCUT2D eigenvalue weighted by molar-refractivity contribution is 5.69. The van der Waals surface area contributed by atoms with E-state index >= 15 is 0 Å². The Morgan fingerprint density at radius 3 is 1.47 bits per heavy atom. The first kappa shape index (κ1) is 55.4. The van der Waals surface area contributed by atoms with Crippen molar-refractivity contribution < 1.29 is 44.2 Å². The summed E-state index contributed by atoms with van der Waals surface area (Å²) < 4.78 is 22.8. The minimum atomic E-state index is -1.55. The fraction of sp³-hybridized carbons (Fsp3) is 0.706. The lowest BCUT2D eigenvalue weighted by atomic mass is 9.99. The van der Waals surface area contributed by atoms with Crippen LogP contribution in [0, 0.1) is 0 Å². The second-order valence-electron chi connectivity index (χ2n) is 15.8. The molecule has 0 aromatic carbocycles. The third kappa shape index (κ3) is 32.1. The molecule has 9 heteroatoms. The topological polar surface area (TPSA) is 135 Å². The molecule has 0 aromatic heterocycles. The molecule has 1 aliphatic rings. The molecule has 1 rings (SSSR count). The summed E-state index contributed by atoms with van der Waals surface area (Å²) in [6, 6.07) is 0. The van der Waals surface area contributed by atoms with Crippen LogP contribution < -0.4 is 0 Å². The van der Waals surface area contributed by atoms with Gasteiger partial charge in [0.1, 0.15) is 30.5 Å². The van der Waals surface area contributed by atoms with Crippen molar-refractivity contribution in [3.05, 3.63) is 85.1 Å². The smallest absolute Gasteiger partial charge is 0.306 e. The van der Waals surface area contributed by atoms with Gasteiger partial charge in [0.15, 0.2) is 6.29 Å². The Morgan fingerprint density at radius 1 is 0.550 bits per heavy atom. The lowest BCUT2D eigenvalue weighted by Gasteiger charge is -2.39. The summed E-state index contributed by atoms with van der Waals surface area (Å²) in [4.78, 5) is 12.8. The lowest BCUT2D eigenvalue weighted by Crippen LogP contribution is -2.59. The lowest BCUT2D eigenvalue weighted by molar-refractivity contribution is -0.305. The van der Waals surface area contributed by atoms with Crippen LogP contribution in [0.25, 0.3) is 0 Å². The number of aliphatic hydroxyl groups excluding tert-OH is 4. The average Bonchev–Trinajstić information content (AvgIpc) is 3.25. The highest BCUT2D eigenvalue weighted by Crippen LogP contribution is 2.22. The first-order valence-corrected chi connectivity index (χ1v) is 23.7. The SMILES string of the molecule is CC/C=C\C/C=C\C/C=C\C/C=C\C/C=C\C/C=C\C/C=C\CCCC(=O)OC(COCCCCCCCCCCCCCCCC)COC1OC(CO)C(O)C(O)C1O. The van der Waals surface area contributed by atoms with Gasteiger partial charge in [0.25, 0.3) is 0 Å². The van der Waals surface area contributed by atoms with E-state index in [2.05, 4.69) is 98.9 Å². The summed E-state index contributed by atoms with van der Waals surface area (Å²) in [6.45, 7) is 4.37. The molecule has 0 aromatic rings. The van der Waals surface area contributed by atoms with E-state index in [0.717, 1.165) is 64.2 Å².